The number of fused-ring (bicyclic) bond motifs is 1. The van der Waals surface area contributed by atoms with Gasteiger partial charge in [0.15, 0.2) is 17.3 Å². The largest absolute Gasteiger partial charge is 0.490 e. The Morgan fingerprint density at radius 3 is 2.71 bits per heavy atom. The Hall–Kier alpha value is -1.82. The van der Waals surface area contributed by atoms with Crippen LogP contribution in [0.4, 0.5) is 5.82 Å². The summed E-state index contributed by atoms with van der Waals surface area (Å²) in [7, 11) is 0. The summed E-state index contributed by atoms with van der Waals surface area (Å²) in [4.78, 5) is 8.91. The number of hydrogen-bond donors (Lipinski definition) is 1. The molecule has 0 fully saturated rings. The maximum Gasteiger partial charge on any atom is 0.161 e. The number of rotatable bonds is 2. The zero-order valence-corrected chi connectivity index (χ0v) is 13.3. The molecule has 0 radical (unpaired) electrons. The first-order chi connectivity index (χ1) is 10.2. The molecule has 6 heteroatoms. The highest BCUT2D eigenvalue weighted by Crippen LogP contribution is 2.34. The summed E-state index contributed by atoms with van der Waals surface area (Å²) in [6.45, 7) is 3.36. The van der Waals surface area contributed by atoms with E-state index in [0.29, 0.717) is 24.9 Å². The molecule has 2 aromatic rings. The van der Waals surface area contributed by atoms with Crippen LogP contribution in [-0.4, -0.2) is 23.2 Å². The van der Waals surface area contributed by atoms with Crippen molar-refractivity contribution in [3.8, 4) is 22.9 Å². The van der Waals surface area contributed by atoms with Crippen molar-refractivity contribution in [2.24, 2.45) is 0 Å². The van der Waals surface area contributed by atoms with Crippen LogP contribution in [0.15, 0.2) is 22.7 Å². The van der Waals surface area contributed by atoms with Crippen molar-refractivity contribution >= 4 is 21.7 Å². The highest BCUT2D eigenvalue weighted by Gasteiger charge is 2.15. The lowest BCUT2D eigenvalue weighted by atomic mass is 10.1. The van der Waals surface area contributed by atoms with E-state index in [1.54, 1.807) is 0 Å². The number of benzene rings is 1. The van der Waals surface area contributed by atoms with Gasteiger partial charge in [0.25, 0.3) is 0 Å². The lowest BCUT2D eigenvalue weighted by Gasteiger charge is -2.11. The average Bonchev–Trinajstić information content (AvgIpc) is 2.74. The number of aromatic nitrogens is 2. The van der Waals surface area contributed by atoms with Crippen LogP contribution in [0.3, 0.4) is 0 Å². The molecule has 0 atom stereocenters. The summed E-state index contributed by atoms with van der Waals surface area (Å²) in [6.07, 6.45) is 1.66. The minimum Gasteiger partial charge on any atom is -0.490 e. The Labute approximate surface area is 131 Å². The smallest absolute Gasteiger partial charge is 0.161 e. The molecule has 110 valence electrons. The van der Waals surface area contributed by atoms with Gasteiger partial charge < -0.3 is 15.2 Å². The molecule has 0 amide bonds. The third-order valence-electron chi connectivity index (χ3n) is 3.29. The van der Waals surface area contributed by atoms with E-state index in [4.69, 9.17) is 15.2 Å². The Kier molecular flexibility index (Phi) is 3.96. The summed E-state index contributed by atoms with van der Waals surface area (Å²) in [5, 5.41) is 0. The molecule has 3 rings (SSSR count). The molecule has 0 saturated carbocycles. The molecule has 5 nitrogen and oxygen atoms in total. The van der Waals surface area contributed by atoms with Crippen molar-refractivity contribution in [3.63, 3.8) is 0 Å². The van der Waals surface area contributed by atoms with Crippen molar-refractivity contribution in [2.75, 3.05) is 18.9 Å². The highest BCUT2D eigenvalue weighted by molar-refractivity contribution is 9.10. The van der Waals surface area contributed by atoms with E-state index in [0.717, 1.165) is 40.1 Å². The summed E-state index contributed by atoms with van der Waals surface area (Å²) < 4.78 is 12.1. The number of ether oxygens (including phenoxy) is 2. The number of hydrogen-bond acceptors (Lipinski definition) is 5. The standard InChI is InChI=1S/C15H16BrN3O2/c1-2-10-13(16)14(17)19-15(18-10)9-4-5-11-12(8-9)21-7-3-6-20-11/h4-5,8H,2-3,6-7H2,1H3,(H2,17,18,19). The minimum atomic E-state index is 0.448. The molecule has 21 heavy (non-hydrogen) atoms. The molecular weight excluding hydrogens is 334 g/mol. The van der Waals surface area contributed by atoms with Crippen LogP contribution >= 0.6 is 15.9 Å². The number of nitrogen functional groups attached to an aromatic ring is 1. The second-order valence-electron chi connectivity index (χ2n) is 4.76. The Morgan fingerprint density at radius 1 is 1.19 bits per heavy atom. The Balaban J connectivity index is 2.04. The van der Waals surface area contributed by atoms with Crippen molar-refractivity contribution in [2.45, 2.75) is 19.8 Å². The third-order valence-corrected chi connectivity index (χ3v) is 4.15. The van der Waals surface area contributed by atoms with Gasteiger partial charge >= 0.3 is 0 Å². The van der Waals surface area contributed by atoms with E-state index in [1.165, 1.54) is 0 Å². The summed E-state index contributed by atoms with van der Waals surface area (Å²) in [5.74, 6) is 2.54. The molecular formula is C15H16BrN3O2. The number of anilines is 1. The minimum absolute atomic E-state index is 0.448. The fourth-order valence-electron chi connectivity index (χ4n) is 2.18. The van der Waals surface area contributed by atoms with E-state index in [-0.39, 0.29) is 0 Å². The van der Waals surface area contributed by atoms with Gasteiger partial charge in [0.05, 0.1) is 23.4 Å². The van der Waals surface area contributed by atoms with Crippen LogP contribution in [0.25, 0.3) is 11.4 Å². The maximum atomic E-state index is 5.94. The fourth-order valence-corrected chi connectivity index (χ4v) is 2.64. The van der Waals surface area contributed by atoms with Gasteiger partial charge in [0.1, 0.15) is 5.82 Å². The van der Waals surface area contributed by atoms with E-state index < -0.39 is 0 Å². The van der Waals surface area contributed by atoms with Crippen LogP contribution in [-0.2, 0) is 6.42 Å². The molecule has 0 bridgehead atoms. The zero-order valence-electron chi connectivity index (χ0n) is 11.7. The van der Waals surface area contributed by atoms with Gasteiger partial charge in [-0.3, -0.25) is 0 Å². The monoisotopic (exact) mass is 349 g/mol. The van der Waals surface area contributed by atoms with Crippen molar-refractivity contribution in [3.05, 3.63) is 28.4 Å². The number of nitrogens with two attached hydrogens (primary N) is 1. The van der Waals surface area contributed by atoms with Crippen LogP contribution in [0.1, 0.15) is 19.0 Å². The fraction of sp³-hybridized carbons (Fsp3) is 0.333. The van der Waals surface area contributed by atoms with Crippen LogP contribution in [0.5, 0.6) is 11.5 Å². The van der Waals surface area contributed by atoms with Crippen molar-refractivity contribution in [1.29, 1.82) is 0 Å². The van der Waals surface area contributed by atoms with Gasteiger partial charge in [-0.05, 0) is 40.5 Å². The lowest BCUT2D eigenvalue weighted by molar-refractivity contribution is 0.297. The van der Waals surface area contributed by atoms with Gasteiger partial charge in [0, 0.05) is 12.0 Å². The van der Waals surface area contributed by atoms with E-state index in [9.17, 15) is 0 Å². The van der Waals surface area contributed by atoms with Crippen LogP contribution in [0, 0.1) is 0 Å². The number of halogens is 1. The summed E-state index contributed by atoms with van der Waals surface area (Å²) in [6, 6.07) is 5.72. The molecule has 0 saturated heterocycles. The van der Waals surface area contributed by atoms with Gasteiger partial charge in [-0.2, -0.15) is 0 Å². The van der Waals surface area contributed by atoms with Crippen LogP contribution in [0.2, 0.25) is 0 Å². The first-order valence-corrected chi connectivity index (χ1v) is 7.70. The SMILES string of the molecule is CCc1nc(-c2ccc3c(c2)OCCCO3)nc(N)c1Br. The number of aryl methyl sites for hydroxylation is 1. The van der Waals surface area contributed by atoms with E-state index >= 15 is 0 Å². The molecule has 2 heterocycles. The predicted octanol–water partition coefficient (Wildman–Crippen LogP) is 3.21. The Bertz CT molecular complexity index is 676. The molecule has 0 spiro atoms. The van der Waals surface area contributed by atoms with Crippen molar-refractivity contribution < 1.29 is 9.47 Å². The molecule has 1 aliphatic rings. The van der Waals surface area contributed by atoms with Crippen molar-refractivity contribution in [1.82, 2.24) is 9.97 Å². The normalized spacial score (nSPS) is 13.8. The summed E-state index contributed by atoms with van der Waals surface area (Å²) >= 11 is 3.42. The zero-order chi connectivity index (χ0) is 14.8. The Morgan fingerprint density at radius 2 is 1.95 bits per heavy atom. The van der Waals surface area contributed by atoms with Gasteiger partial charge in [-0.25, -0.2) is 9.97 Å². The second-order valence-corrected chi connectivity index (χ2v) is 5.55. The molecule has 0 aliphatic carbocycles. The molecule has 2 N–H and O–H groups in total. The first kappa shape index (κ1) is 14.1. The van der Waals surface area contributed by atoms with Crippen LogP contribution < -0.4 is 15.2 Å². The maximum absolute atomic E-state index is 5.94. The highest BCUT2D eigenvalue weighted by atomic mass is 79.9. The number of nitrogens with zero attached hydrogens (tertiary/aromatic N) is 2. The van der Waals surface area contributed by atoms with E-state index in [2.05, 4.69) is 25.9 Å². The molecule has 1 aliphatic heterocycles. The van der Waals surface area contributed by atoms with Gasteiger partial charge in [0.2, 0.25) is 0 Å². The topological polar surface area (TPSA) is 70.3 Å². The molecule has 0 unspecified atom stereocenters. The molecule has 1 aromatic carbocycles. The van der Waals surface area contributed by atoms with Gasteiger partial charge in [-0.15, -0.1) is 0 Å². The summed E-state index contributed by atoms with van der Waals surface area (Å²) in [5.41, 5.74) is 7.71. The predicted molar refractivity (Wildman–Crippen MR) is 84.6 cm³/mol. The second kappa shape index (κ2) is 5.89. The third kappa shape index (κ3) is 2.81. The molecule has 1 aromatic heterocycles. The average molecular weight is 350 g/mol. The van der Waals surface area contributed by atoms with Gasteiger partial charge in [-0.1, -0.05) is 6.92 Å². The lowest BCUT2D eigenvalue weighted by Crippen LogP contribution is -2.02. The quantitative estimate of drug-likeness (QED) is 0.901. The van der Waals surface area contributed by atoms with E-state index in [1.807, 2.05) is 25.1 Å². The first-order valence-electron chi connectivity index (χ1n) is 6.91.